The van der Waals surface area contributed by atoms with E-state index < -0.39 is 0 Å². The standard InChI is InChI=1S/C18H32N2O/c1-4-5-6-7-8-9-10-11-14-19-18-17(21-16(2)3)13-12-15-20-18/h12-13,15-16H,4-11,14H2,1-3H3,(H,19,20). The molecular weight excluding hydrogens is 260 g/mol. The average Bonchev–Trinajstić information content (AvgIpc) is 2.46. The number of hydrogen-bond donors (Lipinski definition) is 1. The fraction of sp³-hybridized carbons (Fsp3) is 0.722. The van der Waals surface area contributed by atoms with Gasteiger partial charge in [0.2, 0.25) is 0 Å². The number of hydrogen-bond acceptors (Lipinski definition) is 3. The Bertz CT molecular complexity index is 366. The van der Waals surface area contributed by atoms with Gasteiger partial charge in [-0.2, -0.15) is 0 Å². The number of unbranched alkanes of at least 4 members (excludes halogenated alkanes) is 7. The Hall–Kier alpha value is -1.25. The van der Waals surface area contributed by atoms with Gasteiger partial charge in [-0.25, -0.2) is 4.98 Å². The molecule has 0 aliphatic carbocycles. The summed E-state index contributed by atoms with van der Waals surface area (Å²) in [5.74, 6) is 1.72. The lowest BCUT2D eigenvalue weighted by molar-refractivity contribution is 0.243. The Morgan fingerprint density at radius 1 is 1.05 bits per heavy atom. The minimum absolute atomic E-state index is 0.179. The van der Waals surface area contributed by atoms with Crippen LogP contribution in [0.5, 0.6) is 5.75 Å². The first kappa shape index (κ1) is 17.8. The van der Waals surface area contributed by atoms with Gasteiger partial charge in [-0.3, -0.25) is 0 Å². The molecule has 1 heterocycles. The molecule has 1 N–H and O–H groups in total. The molecule has 0 atom stereocenters. The largest absolute Gasteiger partial charge is 0.487 e. The number of ether oxygens (including phenoxy) is 1. The molecule has 0 unspecified atom stereocenters. The van der Waals surface area contributed by atoms with Gasteiger partial charge in [0.15, 0.2) is 11.6 Å². The molecule has 3 nitrogen and oxygen atoms in total. The smallest absolute Gasteiger partial charge is 0.168 e. The molecule has 0 aromatic carbocycles. The van der Waals surface area contributed by atoms with Crippen molar-refractivity contribution >= 4 is 5.82 Å². The second-order valence-corrected chi connectivity index (χ2v) is 5.92. The van der Waals surface area contributed by atoms with Gasteiger partial charge in [-0.05, 0) is 32.4 Å². The van der Waals surface area contributed by atoms with E-state index in [1.165, 1.54) is 51.4 Å². The summed E-state index contributed by atoms with van der Waals surface area (Å²) < 4.78 is 5.75. The fourth-order valence-corrected chi connectivity index (χ4v) is 2.34. The summed E-state index contributed by atoms with van der Waals surface area (Å²) in [6, 6.07) is 3.89. The Morgan fingerprint density at radius 3 is 2.38 bits per heavy atom. The summed E-state index contributed by atoms with van der Waals surface area (Å²) >= 11 is 0. The van der Waals surface area contributed by atoms with Crippen molar-refractivity contribution < 1.29 is 4.74 Å². The zero-order valence-corrected chi connectivity index (χ0v) is 14.0. The monoisotopic (exact) mass is 292 g/mol. The van der Waals surface area contributed by atoms with Gasteiger partial charge >= 0.3 is 0 Å². The van der Waals surface area contributed by atoms with Crippen LogP contribution in [-0.2, 0) is 0 Å². The molecule has 0 saturated heterocycles. The molecule has 0 aliphatic heterocycles. The van der Waals surface area contributed by atoms with Crippen molar-refractivity contribution in [3.8, 4) is 5.75 Å². The predicted molar refractivity (Wildman–Crippen MR) is 91.1 cm³/mol. The van der Waals surface area contributed by atoms with Crippen molar-refractivity contribution in [2.45, 2.75) is 78.2 Å². The van der Waals surface area contributed by atoms with Gasteiger partial charge in [0.05, 0.1) is 6.10 Å². The van der Waals surface area contributed by atoms with Gasteiger partial charge in [-0.1, -0.05) is 51.9 Å². The summed E-state index contributed by atoms with van der Waals surface area (Å²) in [6.45, 7) is 7.31. The summed E-state index contributed by atoms with van der Waals surface area (Å²) in [7, 11) is 0. The Labute approximate surface area is 130 Å². The number of aromatic nitrogens is 1. The maximum absolute atomic E-state index is 5.75. The van der Waals surface area contributed by atoms with E-state index in [0.717, 1.165) is 18.1 Å². The molecule has 0 bridgehead atoms. The third-order valence-corrected chi connectivity index (χ3v) is 3.46. The summed E-state index contributed by atoms with van der Waals surface area (Å²) in [5, 5.41) is 3.39. The van der Waals surface area contributed by atoms with E-state index in [2.05, 4.69) is 17.2 Å². The molecule has 0 spiro atoms. The lowest BCUT2D eigenvalue weighted by atomic mass is 10.1. The molecule has 3 heteroatoms. The highest BCUT2D eigenvalue weighted by molar-refractivity contribution is 5.49. The van der Waals surface area contributed by atoms with Crippen LogP contribution in [-0.4, -0.2) is 17.6 Å². The average molecular weight is 292 g/mol. The van der Waals surface area contributed by atoms with E-state index in [0.29, 0.717) is 0 Å². The van der Waals surface area contributed by atoms with Crippen molar-refractivity contribution in [1.29, 1.82) is 0 Å². The quantitative estimate of drug-likeness (QED) is 0.522. The number of nitrogens with one attached hydrogen (secondary N) is 1. The molecule has 0 radical (unpaired) electrons. The van der Waals surface area contributed by atoms with Gasteiger partial charge < -0.3 is 10.1 Å². The van der Waals surface area contributed by atoms with Gasteiger partial charge in [0.25, 0.3) is 0 Å². The Morgan fingerprint density at radius 2 is 1.71 bits per heavy atom. The third kappa shape index (κ3) is 8.59. The highest BCUT2D eigenvalue weighted by Gasteiger charge is 2.05. The lowest BCUT2D eigenvalue weighted by Crippen LogP contribution is -2.10. The van der Waals surface area contributed by atoms with Gasteiger partial charge in [0.1, 0.15) is 0 Å². The highest BCUT2D eigenvalue weighted by atomic mass is 16.5. The number of pyridine rings is 1. The summed E-state index contributed by atoms with van der Waals surface area (Å²) in [6.07, 6.45) is 12.7. The second kappa shape index (κ2) is 11.4. The number of nitrogens with zero attached hydrogens (tertiary/aromatic N) is 1. The van der Waals surface area contributed by atoms with Crippen LogP contribution < -0.4 is 10.1 Å². The molecular formula is C18H32N2O. The fourth-order valence-electron chi connectivity index (χ4n) is 2.34. The van der Waals surface area contributed by atoms with E-state index >= 15 is 0 Å². The molecule has 120 valence electrons. The molecule has 1 rings (SSSR count). The normalized spacial score (nSPS) is 10.9. The maximum atomic E-state index is 5.75. The van der Waals surface area contributed by atoms with Crippen molar-refractivity contribution in [1.82, 2.24) is 4.98 Å². The van der Waals surface area contributed by atoms with E-state index in [4.69, 9.17) is 4.74 Å². The lowest BCUT2D eigenvalue weighted by Gasteiger charge is -2.14. The molecule has 0 fully saturated rings. The van der Waals surface area contributed by atoms with Crippen molar-refractivity contribution in [2.75, 3.05) is 11.9 Å². The van der Waals surface area contributed by atoms with Crippen LogP contribution in [0.3, 0.4) is 0 Å². The summed E-state index contributed by atoms with van der Waals surface area (Å²) in [5.41, 5.74) is 0. The van der Waals surface area contributed by atoms with Gasteiger partial charge in [-0.15, -0.1) is 0 Å². The number of anilines is 1. The van der Waals surface area contributed by atoms with Crippen LogP contribution in [0.25, 0.3) is 0 Å². The minimum Gasteiger partial charge on any atom is -0.487 e. The molecule has 0 amide bonds. The predicted octanol–water partition coefficient (Wildman–Crippen LogP) is 5.42. The third-order valence-electron chi connectivity index (χ3n) is 3.46. The van der Waals surface area contributed by atoms with E-state index in [9.17, 15) is 0 Å². The van der Waals surface area contributed by atoms with Crippen molar-refractivity contribution in [2.24, 2.45) is 0 Å². The second-order valence-electron chi connectivity index (χ2n) is 5.92. The highest BCUT2D eigenvalue weighted by Crippen LogP contribution is 2.22. The first-order valence-electron chi connectivity index (χ1n) is 8.59. The van der Waals surface area contributed by atoms with Crippen LogP contribution in [0.4, 0.5) is 5.82 Å². The van der Waals surface area contributed by atoms with Crippen LogP contribution in [0.1, 0.15) is 72.1 Å². The molecule has 21 heavy (non-hydrogen) atoms. The maximum Gasteiger partial charge on any atom is 0.168 e. The molecule has 0 aliphatic rings. The number of rotatable bonds is 12. The van der Waals surface area contributed by atoms with Gasteiger partial charge in [0, 0.05) is 12.7 Å². The van der Waals surface area contributed by atoms with E-state index in [1.54, 1.807) is 0 Å². The molecule has 1 aromatic rings. The van der Waals surface area contributed by atoms with Crippen LogP contribution in [0.2, 0.25) is 0 Å². The van der Waals surface area contributed by atoms with Crippen molar-refractivity contribution in [3.63, 3.8) is 0 Å². The SMILES string of the molecule is CCCCCCCCCCNc1ncccc1OC(C)C. The Balaban J connectivity index is 2.12. The first-order chi connectivity index (χ1) is 10.2. The zero-order chi connectivity index (χ0) is 15.3. The Kier molecular flexibility index (Phi) is 9.68. The van der Waals surface area contributed by atoms with Crippen LogP contribution >= 0.6 is 0 Å². The van der Waals surface area contributed by atoms with Crippen molar-refractivity contribution in [3.05, 3.63) is 18.3 Å². The van der Waals surface area contributed by atoms with E-state index in [1.807, 2.05) is 32.2 Å². The van der Waals surface area contributed by atoms with E-state index in [-0.39, 0.29) is 6.10 Å². The summed E-state index contributed by atoms with van der Waals surface area (Å²) in [4.78, 5) is 4.36. The topological polar surface area (TPSA) is 34.2 Å². The molecule has 1 aromatic heterocycles. The first-order valence-corrected chi connectivity index (χ1v) is 8.59. The zero-order valence-electron chi connectivity index (χ0n) is 14.0. The van der Waals surface area contributed by atoms with Crippen LogP contribution in [0, 0.1) is 0 Å². The molecule has 0 saturated carbocycles. The minimum atomic E-state index is 0.179. The van der Waals surface area contributed by atoms with Crippen LogP contribution in [0.15, 0.2) is 18.3 Å².